The molecule has 0 amide bonds. The van der Waals surface area contributed by atoms with Gasteiger partial charge in [0.2, 0.25) is 0 Å². The van der Waals surface area contributed by atoms with Crippen molar-refractivity contribution in [2.24, 2.45) is 0 Å². The summed E-state index contributed by atoms with van der Waals surface area (Å²) in [5.74, 6) is 0. The maximum atomic E-state index is 9.33. The first-order valence-electron chi connectivity index (χ1n) is 6.21. The molecule has 2 heterocycles. The van der Waals surface area contributed by atoms with Crippen molar-refractivity contribution in [2.45, 2.75) is 25.5 Å². The van der Waals surface area contributed by atoms with Crippen molar-refractivity contribution in [3.05, 3.63) is 24.4 Å². The van der Waals surface area contributed by atoms with Gasteiger partial charge in [0.15, 0.2) is 6.23 Å². The molecule has 3 rings (SSSR count). The third-order valence-electron chi connectivity index (χ3n) is 3.38. The van der Waals surface area contributed by atoms with E-state index in [-0.39, 0.29) is 6.23 Å². The van der Waals surface area contributed by atoms with Crippen molar-refractivity contribution in [3.8, 4) is 0 Å². The van der Waals surface area contributed by atoms with Gasteiger partial charge in [-0.2, -0.15) is 5.10 Å². The molecule has 1 aliphatic rings. The Labute approximate surface area is 105 Å². The molecule has 0 aliphatic carbocycles. The molecule has 1 aromatic heterocycles. The minimum atomic E-state index is -1.47. The van der Waals surface area contributed by atoms with Crippen molar-refractivity contribution >= 4 is 23.5 Å². The fourth-order valence-electron chi connectivity index (χ4n) is 2.46. The Hall–Kier alpha value is -1.37. The van der Waals surface area contributed by atoms with Gasteiger partial charge in [-0.15, -0.1) is 0 Å². The highest BCUT2D eigenvalue weighted by Crippen LogP contribution is 2.25. The summed E-state index contributed by atoms with van der Waals surface area (Å²) in [7, 11) is -1.47. The number of fused-ring (bicyclic) bond motifs is 1. The summed E-state index contributed by atoms with van der Waals surface area (Å²) in [5.41, 5.74) is 1.36. The van der Waals surface area contributed by atoms with E-state index in [0.29, 0.717) is 5.46 Å². The number of rotatable bonds is 2. The van der Waals surface area contributed by atoms with Crippen molar-refractivity contribution in [1.29, 1.82) is 0 Å². The summed E-state index contributed by atoms with van der Waals surface area (Å²) in [6.07, 6.45) is 4.80. The summed E-state index contributed by atoms with van der Waals surface area (Å²) in [5, 5.41) is 23.8. The first-order chi connectivity index (χ1) is 8.77. The van der Waals surface area contributed by atoms with Crippen LogP contribution in [0.3, 0.4) is 0 Å². The van der Waals surface area contributed by atoms with Crippen molar-refractivity contribution in [2.75, 3.05) is 6.61 Å². The second-order valence-corrected chi connectivity index (χ2v) is 4.56. The highest BCUT2D eigenvalue weighted by atomic mass is 16.5. The first kappa shape index (κ1) is 11.7. The van der Waals surface area contributed by atoms with Gasteiger partial charge in [-0.3, -0.25) is 0 Å². The molecule has 1 aliphatic heterocycles. The predicted octanol–water partition coefficient (Wildman–Crippen LogP) is 0.415. The van der Waals surface area contributed by atoms with Crippen molar-refractivity contribution in [3.63, 3.8) is 0 Å². The molecule has 5 nitrogen and oxygen atoms in total. The lowest BCUT2D eigenvalue weighted by Crippen LogP contribution is -2.30. The van der Waals surface area contributed by atoms with Gasteiger partial charge in [-0.25, -0.2) is 4.68 Å². The SMILES string of the molecule is OB(O)c1cccc2c1cnn2C1CCCCO1. The Morgan fingerprint density at radius 3 is 2.94 bits per heavy atom. The average Bonchev–Trinajstić information content (AvgIpc) is 2.83. The first-order valence-corrected chi connectivity index (χ1v) is 6.21. The zero-order chi connectivity index (χ0) is 12.5. The smallest absolute Gasteiger partial charge is 0.423 e. The Balaban J connectivity index is 2.06. The Morgan fingerprint density at radius 1 is 1.33 bits per heavy atom. The molecule has 0 saturated carbocycles. The third-order valence-corrected chi connectivity index (χ3v) is 3.38. The van der Waals surface area contributed by atoms with E-state index in [1.54, 1.807) is 18.3 Å². The van der Waals surface area contributed by atoms with E-state index in [0.717, 1.165) is 36.8 Å². The van der Waals surface area contributed by atoms with Crippen LogP contribution in [0.2, 0.25) is 0 Å². The van der Waals surface area contributed by atoms with Crippen LogP contribution < -0.4 is 5.46 Å². The topological polar surface area (TPSA) is 67.5 Å². The van der Waals surface area contributed by atoms with Gasteiger partial charge in [0, 0.05) is 12.0 Å². The number of hydrogen-bond donors (Lipinski definition) is 2. The summed E-state index contributed by atoms with van der Waals surface area (Å²) in [6, 6.07) is 5.42. The fraction of sp³-hybridized carbons (Fsp3) is 0.417. The molecule has 0 radical (unpaired) electrons. The summed E-state index contributed by atoms with van der Waals surface area (Å²) >= 11 is 0. The highest BCUT2D eigenvalue weighted by Gasteiger charge is 2.21. The van der Waals surface area contributed by atoms with Gasteiger partial charge in [0.25, 0.3) is 0 Å². The zero-order valence-corrected chi connectivity index (χ0v) is 9.99. The van der Waals surface area contributed by atoms with Crippen LogP contribution in [0.1, 0.15) is 25.5 Å². The molecule has 0 bridgehead atoms. The van der Waals surface area contributed by atoms with Crippen LogP contribution in [0.4, 0.5) is 0 Å². The Bertz CT molecular complexity index is 549. The Morgan fingerprint density at radius 2 is 2.22 bits per heavy atom. The number of ether oxygens (including phenoxy) is 1. The Kier molecular flexibility index (Phi) is 3.07. The van der Waals surface area contributed by atoms with E-state index in [1.165, 1.54) is 0 Å². The standard InChI is InChI=1S/C12H15BN2O3/c16-13(17)10-4-3-5-11-9(10)8-14-15(11)12-6-1-2-7-18-12/h3-5,8,12,16-17H,1-2,6-7H2. The lowest BCUT2D eigenvalue weighted by molar-refractivity contribution is -0.0366. The van der Waals surface area contributed by atoms with Gasteiger partial charge in [0.05, 0.1) is 11.7 Å². The summed E-state index contributed by atoms with van der Waals surface area (Å²) < 4.78 is 7.54. The lowest BCUT2D eigenvalue weighted by atomic mass is 9.78. The number of nitrogens with zero attached hydrogens (tertiary/aromatic N) is 2. The number of hydrogen-bond acceptors (Lipinski definition) is 4. The maximum absolute atomic E-state index is 9.33. The largest absolute Gasteiger partial charge is 0.489 e. The number of benzene rings is 1. The van der Waals surface area contributed by atoms with Crippen LogP contribution in [-0.4, -0.2) is 33.6 Å². The van der Waals surface area contributed by atoms with Crippen molar-refractivity contribution in [1.82, 2.24) is 9.78 Å². The van der Waals surface area contributed by atoms with E-state index < -0.39 is 7.12 Å². The van der Waals surface area contributed by atoms with E-state index in [2.05, 4.69) is 5.10 Å². The quantitative estimate of drug-likeness (QED) is 0.753. The molecular formula is C12H15BN2O3. The zero-order valence-electron chi connectivity index (χ0n) is 9.99. The van der Waals surface area contributed by atoms with E-state index in [1.807, 2.05) is 10.7 Å². The van der Waals surface area contributed by atoms with Crippen molar-refractivity contribution < 1.29 is 14.8 Å². The molecule has 2 N–H and O–H groups in total. The van der Waals surface area contributed by atoms with Crippen LogP contribution in [0.5, 0.6) is 0 Å². The fourth-order valence-corrected chi connectivity index (χ4v) is 2.46. The second kappa shape index (κ2) is 4.72. The van der Waals surface area contributed by atoms with Gasteiger partial charge in [0.1, 0.15) is 0 Å². The van der Waals surface area contributed by atoms with E-state index in [4.69, 9.17) is 4.74 Å². The molecule has 0 spiro atoms. The minimum absolute atomic E-state index is 0.0395. The van der Waals surface area contributed by atoms with Gasteiger partial charge < -0.3 is 14.8 Å². The molecule has 6 heteroatoms. The number of aromatic nitrogens is 2. The molecule has 1 atom stereocenters. The third kappa shape index (κ3) is 1.92. The molecular weight excluding hydrogens is 231 g/mol. The molecule has 1 fully saturated rings. The predicted molar refractivity (Wildman–Crippen MR) is 68.4 cm³/mol. The minimum Gasteiger partial charge on any atom is -0.423 e. The lowest BCUT2D eigenvalue weighted by Gasteiger charge is -2.23. The molecule has 2 aromatic rings. The molecule has 1 saturated heterocycles. The van der Waals surface area contributed by atoms with E-state index >= 15 is 0 Å². The van der Waals surface area contributed by atoms with E-state index in [9.17, 15) is 10.0 Å². The van der Waals surface area contributed by atoms with Crippen LogP contribution in [0.15, 0.2) is 24.4 Å². The summed E-state index contributed by atoms with van der Waals surface area (Å²) in [4.78, 5) is 0. The van der Waals surface area contributed by atoms with Gasteiger partial charge in [-0.1, -0.05) is 12.1 Å². The summed E-state index contributed by atoms with van der Waals surface area (Å²) in [6.45, 7) is 0.758. The van der Waals surface area contributed by atoms with Gasteiger partial charge in [-0.05, 0) is 30.8 Å². The normalized spacial score (nSPS) is 20.2. The van der Waals surface area contributed by atoms with Crippen LogP contribution >= 0.6 is 0 Å². The average molecular weight is 246 g/mol. The van der Waals surface area contributed by atoms with Crippen LogP contribution in [0, 0.1) is 0 Å². The monoisotopic (exact) mass is 246 g/mol. The maximum Gasteiger partial charge on any atom is 0.489 e. The second-order valence-electron chi connectivity index (χ2n) is 4.56. The van der Waals surface area contributed by atoms with Crippen LogP contribution in [0.25, 0.3) is 10.9 Å². The molecule has 1 aromatic carbocycles. The van der Waals surface area contributed by atoms with Crippen LogP contribution in [-0.2, 0) is 4.74 Å². The highest BCUT2D eigenvalue weighted by molar-refractivity contribution is 6.61. The molecule has 1 unspecified atom stereocenters. The molecule has 18 heavy (non-hydrogen) atoms. The van der Waals surface area contributed by atoms with Gasteiger partial charge >= 0.3 is 7.12 Å². The molecule has 94 valence electrons.